The van der Waals surface area contributed by atoms with Crippen molar-refractivity contribution in [2.24, 2.45) is 0 Å². The number of ether oxygens (including phenoxy) is 2. The molecule has 2 nitrogen and oxygen atoms in total. The van der Waals surface area contributed by atoms with Crippen molar-refractivity contribution in [3.05, 3.63) is 119 Å². The van der Waals surface area contributed by atoms with Gasteiger partial charge >= 0.3 is 6.11 Å². The monoisotopic (exact) mass is 624 g/mol. The van der Waals surface area contributed by atoms with Crippen LogP contribution in [0.15, 0.2) is 78.9 Å². The summed E-state index contributed by atoms with van der Waals surface area (Å²) < 4.78 is 98.2. The van der Waals surface area contributed by atoms with Crippen LogP contribution in [0.4, 0.5) is 26.3 Å². The van der Waals surface area contributed by atoms with Gasteiger partial charge in [-0.25, -0.2) is 17.6 Å². The molecule has 4 aromatic rings. The smallest absolute Gasteiger partial charge is 0.386 e. The van der Waals surface area contributed by atoms with Crippen molar-refractivity contribution in [2.45, 2.75) is 64.1 Å². The zero-order valence-corrected chi connectivity index (χ0v) is 25.1. The van der Waals surface area contributed by atoms with Gasteiger partial charge in [0.2, 0.25) is 0 Å². The molecule has 0 unspecified atom stereocenters. The van der Waals surface area contributed by atoms with E-state index < -0.39 is 46.8 Å². The quantitative estimate of drug-likeness (QED) is 0.164. The predicted molar refractivity (Wildman–Crippen MR) is 164 cm³/mol. The molecule has 1 fully saturated rings. The van der Waals surface area contributed by atoms with Crippen molar-refractivity contribution in [1.82, 2.24) is 0 Å². The molecule has 0 heterocycles. The van der Waals surface area contributed by atoms with E-state index >= 15 is 4.39 Å². The zero-order chi connectivity index (χ0) is 32.1. The molecule has 0 amide bonds. The summed E-state index contributed by atoms with van der Waals surface area (Å²) in [4.78, 5) is 0. The third kappa shape index (κ3) is 7.44. The highest BCUT2D eigenvalue weighted by atomic mass is 19.3. The van der Waals surface area contributed by atoms with E-state index in [1.165, 1.54) is 18.2 Å². The van der Waals surface area contributed by atoms with Gasteiger partial charge in [-0.2, -0.15) is 8.78 Å². The molecule has 4 aromatic carbocycles. The van der Waals surface area contributed by atoms with Crippen LogP contribution in [0.25, 0.3) is 28.3 Å². The van der Waals surface area contributed by atoms with Crippen molar-refractivity contribution in [2.75, 3.05) is 6.61 Å². The average molecular weight is 625 g/mol. The van der Waals surface area contributed by atoms with Crippen molar-refractivity contribution >= 4 is 6.08 Å². The molecule has 0 atom stereocenters. The largest absolute Gasteiger partial charge is 0.488 e. The van der Waals surface area contributed by atoms with Crippen LogP contribution in [0, 0.1) is 23.3 Å². The Hall–Kier alpha value is -4.04. The fourth-order valence-corrected chi connectivity index (χ4v) is 5.79. The molecule has 45 heavy (non-hydrogen) atoms. The van der Waals surface area contributed by atoms with Crippen molar-refractivity contribution in [1.29, 1.82) is 0 Å². The highest BCUT2D eigenvalue weighted by molar-refractivity contribution is 5.71. The summed E-state index contributed by atoms with van der Waals surface area (Å²) in [6.07, 6.45) is 1.88. The molecule has 5 rings (SSSR count). The van der Waals surface area contributed by atoms with E-state index in [2.05, 4.69) is 0 Å². The lowest BCUT2D eigenvalue weighted by molar-refractivity contribution is -0.278. The number of hydrogen-bond donors (Lipinski definition) is 0. The Morgan fingerprint density at radius 3 is 1.96 bits per heavy atom. The van der Waals surface area contributed by atoms with E-state index in [1.54, 1.807) is 19.1 Å². The molecule has 0 saturated heterocycles. The maximum absolute atomic E-state index is 15.1. The van der Waals surface area contributed by atoms with Crippen molar-refractivity contribution < 1.29 is 35.8 Å². The van der Waals surface area contributed by atoms with Gasteiger partial charge in [0.05, 0.1) is 18.3 Å². The lowest BCUT2D eigenvalue weighted by Gasteiger charge is -2.31. The lowest BCUT2D eigenvalue weighted by Crippen LogP contribution is -2.30. The summed E-state index contributed by atoms with van der Waals surface area (Å²) in [5, 5.41) is 0. The van der Waals surface area contributed by atoms with E-state index in [0.29, 0.717) is 36.8 Å². The Morgan fingerprint density at radius 1 is 0.711 bits per heavy atom. The van der Waals surface area contributed by atoms with Gasteiger partial charge in [-0.1, -0.05) is 61.5 Å². The lowest BCUT2D eigenvalue weighted by atomic mass is 9.82. The SMILES string of the molecule is CC/C=C/c1ccc(C(F)(F)OC2CCC(c3ccc(-c4ccc(-c5cc(F)c(OCC)c(F)c5)c(F)c4)cc3)CC2)c(F)c1. The molecule has 0 radical (unpaired) electrons. The third-order valence-electron chi connectivity index (χ3n) is 8.12. The fraction of sp³-hybridized carbons (Fsp3) is 0.297. The van der Waals surface area contributed by atoms with Gasteiger partial charge in [-0.15, -0.1) is 0 Å². The van der Waals surface area contributed by atoms with Crippen LogP contribution in [-0.4, -0.2) is 12.7 Å². The van der Waals surface area contributed by atoms with E-state index in [9.17, 15) is 22.0 Å². The average Bonchev–Trinajstić information content (AvgIpc) is 3.02. The van der Waals surface area contributed by atoms with Crippen molar-refractivity contribution in [3.63, 3.8) is 0 Å². The Balaban J connectivity index is 1.21. The Labute approximate surface area is 259 Å². The normalized spacial score (nSPS) is 17.2. The van der Waals surface area contributed by atoms with Gasteiger partial charge < -0.3 is 9.47 Å². The van der Waals surface area contributed by atoms with E-state index in [4.69, 9.17) is 9.47 Å². The summed E-state index contributed by atoms with van der Waals surface area (Å²) in [6, 6.07) is 17.8. The molecule has 0 bridgehead atoms. The second-order valence-corrected chi connectivity index (χ2v) is 11.2. The van der Waals surface area contributed by atoms with Gasteiger partial charge in [0.1, 0.15) is 11.6 Å². The standard InChI is InChI=1S/C37H34F6O2/c1-3-5-6-23-7-18-31(33(39)19-23)37(42,43)45-29-15-12-25(13-16-29)24-8-10-26(11-9-24)27-14-17-30(32(38)20-27)28-21-34(40)36(44-4-2)35(41)22-28/h5-11,14,17-22,25,29H,3-4,12-13,15-16H2,1-2H3/b6-5+. The second kappa shape index (κ2) is 13.9. The first-order valence-electron chi connectivity index (χ1n) is 15.1. The third-order valence-corrected chi connectivity index (χ3v) is 8.12. The first-order valence-corrected chi connectivity index (χ1v) is 15.1. The van der Waals surface area contributed by atoms with Gasteiger partial charge in [0.15, 0.2) is 17.4 Å². The van der Waals surface area contributed by atoms with Crippen molar-refractivity contribution in [3.8, 4) is 28.0 Å². The van der Waals surface area contributed by atoms with Crippen LogP contribution < -0.4 is 4.74 Å². The number of hydrogen-bond acceptors (Lipinski definition) is 2. The number of benzene rings is 4. The molecular formula is C37H34F6O2. The molecule has 0 spiro atoms. The number of alkyl halides is 2. The molecule has 1 aliphatic carbocycles. The summed E-state index contributed by atoms with van der Waals surface area (Å²) in [5.74, 6) is -3.79. The van der Waals surface area contributed by atoms with Crippen LogP contribution in [0.5, 0.6) is 5.75 Å². The van der Waals surface area contributed by atoms with E-state index in [1.807, 2.05) is 37.3 Å². The fourth-order valence-electron chi connectivity index (χ4n) is 5.79. The molecular weight excluding hydrogens is 590 g/mol. The van der Waals surface area contributed by atoms with E-state index in [-0.39, 0.29) is 23.7 Å². The molecule has 1 saturated carbocycles. The zero-order valence-electron chi connectivity index (χ0n) is 25.1. The van der Waals surface area contributed by atoms with E-state index in [0.717, 1.165) is 41.8 Å². The molecule has 0 N–H and O–H groups in total. The van der Waals surface area contributed by atoms with Gasteiger partial charge in [0, 0.05) is 5.56 Å². The maximum atomic E-state index is 15.1. The minimum atomic E-state index is -3.74. The topological polar surface area (TPSA) is 18.5 Å². The first-order chi connectivity index (χ1) is 21.6. The maximum Gasteiger partial charge on any atom is 0.386 e. The molecule has 1 aliphatic rings. The second-order valence-electron chi connectivity index (χ2n) is 11.2. The number of allylic oxidation sites excluding steroid dienone is 1. The number of rotatable bonds is 10. The van der Waals surface area contributed by atoms with Crippen LogP contribution in [-0.2, 0) is 10.8 Å². The summed E-state index contributed by atoms with van der Waals surface area (Å²) in [5.41, 5.74) is 2.25. The Kier molecular flexibility index (Phi) is 10.0. The molecule has 236 valence electrons. The Morgan fingerprint density at radius 2 is 1.36 bits per heavy atom. The molecule has 0 aliphatic heterocycles. The van der Waals surface area contributed by atoms with Gasteiger partial charge in [-0.05, 0) is 103 Å². The predicted octanol–water partition coefficient (Wildman–Crippen LogP) is 11.2. The Bertz CT molecular complexity index is 1630. The summed E-state index contributed by atoms with van der Waals surface area (Å²) >= 11 is 0. The summed E-state index contributed by atoms with van der Waals surface area (Å²) in [6.45, 7) is 3.64. The van der Waals surface area contributed by atoms with Crippen LogP contribution >= 0.6 is 0 Å². The first kappa shape index (κ1) is 32.4. The van der Waals surface area contributed by atoms with Crippen LogP contribution in [0.2, 0.25) is 0 Å². The highest BCUT2D eigenvalue weighted by Crippen LogP contribution is 2.40. The minimum absolute atomic E-state index is 0.0599. The molecule has 0 aromatic heterocycles. The minimum Gasteiger partial charge on any atom is -0.488 e. The van der Waals surface area contributed by atoms with Crippen LogP contribution in [0.1, 0.15) is 68.6 Å². The van der Waals surface area contributed by atoms with Gasteiger partial charge in [-0.3, -0.25) is 0 Å². The number of halogens is 6. The molecule has 8 heteroatoms. The highest BCUT2D eigenvalue weighted by Gasteiger charge is 2.39. The van der Waals surface area contributed by atoms with Crippen LogP contribution in [0.3, 0.4) is 0 Å². The summed E-state index contributed by atoms with van der Waals surface area (Å²) in [7, 11) is 0. The van der Waals surface area contributed by atoms with Gasteiger partial charge in [0.25, 0.3) is 0 Å².